The maximum atomic E-state index is 11.9. The summed E-state index contributed by atoms with van der Waals surface area (Å²) in [4.78, 5) is 11.9. The third-order valence-electron chi connectivity index (χ3n) is 2.86. The van der Waals surface area contributed by atoms with E-state index in [1.54, 1.807) is 18.2 Å². The van der Waals surface area contributed by atoms with Crippen LogP contribution < -0.4 is 10.6 Å². The number of halogens is 2. The summed E-state index contributed by atoms with van der Waals surface area (Å²) in [6.45, 7) is 1.48. The monoisotopic (exact) mass is 328 g/mol. The maximum absolute atomic E-state index is 11.9. The molecule has 2 rings (SSSR count). The van der Waals surface area contributed by atoms with Crippen molar-refractivity contribution >= 4 is 29.9 Å². The van der Waals surface area contributed by atoms with Gasteiger partial charge in [0.2, 0.25) is 0 Å². The average molecular weight is 329 g/mol. The number of furan rings is 1. The molecular weight excluding hydrogens is 311 g/mol. The Bertz CT molecular complexity index is 585. The Hall–Kier alpha value is -1.49. The highest BCUT2D eigenvalue weighted by atomic mass is 35.5. The number of nitrogens with one attached hydrogen (secondary N) is 2. The van der Waals surface area contributed by atoms with Gasteiger partial charge in [-0.1, -0.05) is 23.7 Å². The zero-order chi connectivity index (χ0) is 14.4. The van der Waals surface area contributed by atoms with E-state index in [0.29, 0.717) is 23.1 Å². The van der Waals surface area contributed by atoms with Crippen LogP contribution in [0.15, 0.2) is 40.8 Å². The number of carbonyl (C=O) groups is 1. The molecule has 0 aliphatic rings. The molecule has 0 radical (unpaired) electrons. The molecule has 1 heterocycles. The molecule has 0 fully saturated rings. The largest absolute Gasteiger partial charge is 0.451 e. The molecule has 0 aliphatic carbocycles. The number of hydrogen-bond acceptors (Lipinski definition) is 3. The molecule has 114 valence electrons. The Morgan fingerprint density at radius 3 is 2.67 bits per heavy atom. The van der Waals surface area contributed by atoms with Gasteiger partial charge in [0, 0.05) is 12.1 Å². The van der Waals surface area contributed by atoms with Crippen LogP contribution in [-0.4, -0.2) is 26.0 Å². The molecule has 1 aromatic heterocycles. The first-order valence-electron chi connectivity index (χ1n) is 6.50. The zero-order valence-corrected chi connectivity index (χ0v) is 13.3. The lowest BCUT2D eigenvalue weighted by Crippen LogP contribution is -2.26. The molecular formula is C15H18Cl2N2O2. The van der Waals surface area contributed by atoms with Crippen LogP contribution in [-0.2, 0) is 0 Å². The van der Waals surface area contributed by atoms with Crippen molar-refractivity contribution in [2.24, 2.45) is 0 Å². The van der Waals surface area contributed by atoms with Gasteiger partial charge in [0.1, 0.15) is 5.76 Å². The van der Waals surface area contributed by atoms with Gasteiger partial charge >= 0.3 is 0 Å². The Labute approximate surface area is 135 Å². The second kappa shape index (κ2) is 8.72. The van der Waals surface area contributed by atoms with Crippen LogP contribution in [0.25, 0.3) is 11.3 Å². The van der Waals surface area contributed by atoms with E-state index in [9.17, 15) is 4.79 Å². The number of carbonyl (C=O) groups excluding carboxylic acids is 1. The van der Waals surface area contributed by atoms with E-state index in [4.69, 9.17) is 16.0 Å². The van der Waals surface area contributed by atoms with Crippen molar-refractivity contribution in [1.82, 2.24) is 10.6 Å². The summed E-state index contributed by atoms with van der Waals surface area (Å²) in [6, 6.07) is 10.8. The minimum absolute atomic E-state index is 0. The van der Waals surface area contributed by atoms with Crippen molar-refractivity contribution in [3.8, 4) is 11.3 Å². The summed E-state index contributed by atoms with van der Waals surface area (Å²) < 4.78 is 5.56. The number of rotatable bonds is 6. The third-order valence-corrected chi connectivity index (χ3v) is 3.19. The van der Waals surface area contributed by atoms with E-state index in [1.165, 1.54) is 0 Å². The lowest BCUT2D eigenvalue weighted by molar-refractivity contribution is 0.0926. The molecule has 4 nitrogen and oxygen atoms in total. The number of benzene rings is 1. The first kappa shape index (κ1) is 17.6. The zero-order valence-electron chi connectivity index (χ0n) is 11.7. The standard InChI is InChI=1S/C15H17ClN2O2.ClH/c1-17-9-4-10-18-15(19)14-8-7-13(20-14)11-5-2-3-6-12(11)16;/h2-3,5-8,17H,4,9-10H2,1H3,(H,18,19);1H. The first-order valence-corrected chi connectivity index (χ1v) is 6.87. The summed E-state index contributed by atoms with van der Waals surface area (Å²) in [5.41, 5.74) is 0.781. The second-order valence-corrected chi connectivity index (χ2v) is 4.76. The molecule has 0 saturated carbocycles. The molecule has 6 heteroatoms. The van der Waals surface area contributed by atoms with Gasteiger partial charge in [-0.3, -0.25) is 4.79 Å². The van der Waals surface area contributed by atoms with E-state index < -0.39 is 0 Å². The summed E-state index contributed by atoms with van der Waals surface area (Å²) in [5, 5.41) is 6.43. The van der Waals surface area contributed by atoms with Crippen LogP contribution in [0.5, 0.6) is 0 Å². The van der Waals surface area contributed by atoms with Crippen LogP contribution in [0.3, 0.4) is 0 Å². The van der Waals surface area contributed by atoms with Gasteiger partial charge in [-0.15, -0.1) is 12.4 Å². The molecule has 0 bridgehead atoms. The molecule has 1 aromatic carbocycles. The van der Waals surface area contributed by atoms with Crippen molar-refractivity contribution < 1.29 is 9.21 Å². The summed E-state index contributed by atoms with van der Waals surface area (Å²) in [5.74, 6) is 0.680. The molecule has 21 heavy (non-hydrogen) atoms. The van der Waals surface area contributed by atoms with E-state index >= 15 is 0 Å². The van der Waals surface area contributed by atoms with Crippen LogP contribution in [0, 0.1) is 0 Å². The molecule has 1 amide bonds. The second-order valence-electron chi connectivity index (χ2n) is 4.36. The summed E-state index contributed by atoms with van der Waals surface area (Å²) in [7, 11) is 1.88. The van der Waals surface area contributed by atoms with Crippen molar-refractivity contribution in [3.05, 3.63) is 47.2 Å². The van der Waals surface area contributed by atoms with Crippen LogP contribution in [0.4, 0.5) is 0 Å². The average Bonchev–Trinajstić information content (AvgIpc) is 2.93. The quantitative estimate of drug-likeness (QED) is 0.799. The summed E-state index contributed by atoms with van der Waals surface area (Å²) in [6.07, 6.45) is 0.875. The van der Waals surface area contributed by atoms with Gasteiger partial charge in [0.25, 0.3) is 5.91 Å². The SMILES string of the molecule is CNCCCNC(=O)c1ccc(-c2ccccc2Cl)o1.Cl. The van der Waals surface area contributed by atoms with Crippen molar-refractivity contribution in [1.29, 1.82) is 0 Å². The fraction of sp³-hybridized carbons (Fsp3) is 0.267. The van der Waals surface area contributed by atoms with Crippen molar-refractivity contribution in [2.45, 2.75) is 6.42 Å². The minimum Gasteiger partial charge on any atom is -0.451 e. The fourth-order valence-corrected chi connectivity index (χ4v) is 2.05. The predicted molar refractivity (Wildman–Crippen MR) is 87.3 cm³/mol. The van der Waals surface area contributed by atoms with E-state index in [1.807, 2.05) is 25.2 Å². The van der Waals surface area contributed by atoms with Crippen LogP contribution >= 0.6 is 24.0 Å². The van der Waals surface area contributed by atoms with Gasteiger partial charge in [-0.25, -0.2) is 0 Å². The molecule has 2 N–H and O–H groups in total. The maximum Gasteiger partial charge on any atom is 0.287 e. The Kier molecular flexibility index (Phi) is 7.29. The van der Waals surface area contributed by atoms with Crippen LogP contribution in [0.2, 0.25) is 5.02 Å². The normalized spacial score (nSPS) is 10.0. The Balaban J connectivity index is 0.00000220. The predicted octanol–water partition coefficient (Wildman–Crippen LogP) is 3.36. The molecule has 0 unspecified atom stereocenters. The van der Waals surface area contributed by atoms with Gasteiger partial charge in [0.05, 0.1) is 5.02 Å². The molecule has 2 aromatic rings. The fourth-order valence-electron chi connectivity index (χ4n) is 1.82. The van der Waals surface area contributed by atoms with Crippen molar-refractivity contribution in [2.75, 3.05) is 20.1 Å². The summed E-state index contributed by atoms with van der Waals surface area (Å²) >= 11 is 6.10. The number of amides is 1. The van der Waals surface area contributed by atoms with Gasteiger partial charge in [-0.05, 0) is 44.3 Å². The van der Waals surface area contributed by atoms with Crippen LogP contribution in [0.1, 0.15) is 17.0 Å². The Morgan fingerprint density at radius 1 is 1.19 bits per heavy atom. The highest BCUT2D eigenvalue weighted by Crippen LogP contribution is 2.28. The first-order chi connectivity index (χ1) is 9.72. The lowest BCUT2D eigenvalue weighted by Gasteiger charge is -2.03. The van der Waals surface area contributed by atoms with E-state index in [2.05, 4.69) is 10.6 Å². The highest BCUT2D eigenvalue weighted by molar-refractivity contribution is 6.33. The Morgan fingerprint density at radius 2 is 1.95 bits per heavy atom. The molecule has 0 spiro atoms. The topological polar surface area (TPSA) is 54.3 Å². The minimum atomic E-state index is -0.209. The lowest BCUT2D eigenvalue weighted by atomic mass is 10.2. The van der Waals surface area contributed by atoms with E-state index in [-0.39, 0.29) is 18.3 Å². The molecule has 0 saturated heterocycles. The van der Waals surface area contributed by atoms with E-state index in [0.717, 1.165) is 18.5 Å². The molecule has 0 atom stereocenters. The van der Waals surface area contributed by atoms with Gasteiger partial charge in [-0.2, -0.15) is 0 Å². The number of hydrogen-bond donors (Lipinski definition) is 2. The highest BCUT2D eigenvalue weighted by Gasteiger charge is 2.13. The van der Waals surface area contributed by atoms with Gasteiger partial charge in [0.15, 0.2) is 5.76 Å². The third kappa shape index (κ3) is 4.77. The molecule has 0 aliphatic heterocycles. The van der Waals surface area contributed by atoms with Gasteiger partial charge < -0.3 is 15.1 Å². The van der Waals surface area contributed by atoms with Crippen molar-refractivity contribution in [3.63, 3.8) is 0 Å². The smallest absolute Gasteiger partial charge is 0.287 e.